The van der Waals surface area contributed by atoms with Crippen molar-refractivity contribution < 1.29 is 27.4 Å². The molecule has 1 saturated carbocycles. The third-order valence-electron chi connectivity index (χ3n) is 6.57. The lowest BCUT2D eigenvalue weighted by Crippen LogP contribution is -2.24. The second kappa shape index (κ2) is 10.3. The summed E-state index contributed by atoms with van der Waals surface area (Å²) in [6, 6.07) is 14.7. The van der Waals surface area contributed by atoms with E-state index >= 15 is 4.39 Å². The van der Waals surface area contributed by atoms with E-state index in [0.717, 1.165) is 18.1 Å². The van der Waals surface area contributed by atoms with Crippen LogP contribution in [0.2, 0.25) is 0 Å². The summed E-state index contributed by atoms with van der Waals surface area (Å²) in [6.45, 7) is 2.04. The minimum atomic E-state index is -0.842. The summed E-state index contributed by atoms with van der Waals surface area (Å²) in [5, 5.41) is 0. The standard InChI is InChI=1S/C28H27F3O3/c1-3-17-4-6-18(7-5-17)22-14-15-23(27(31)26(22)30)19-8-10-20(11-9-19)34-28(32)24-13-12-21(33-2)16-25(24)29/h4-7,12-16,19-20H,3,8-11H2,1-2H3. The van der Waals surface area contributed by atoms with Gasteiger partial charge >= 0.3 is 5.97 Å². The van der Waals surface area contributed by atoms with Gasteiger partial charge in [-0.05, 0) is 66.8 Å². The highest BCUT2D eigenvalue weighted by Gasteiger charge is 2.29. The van der Waals surface area contributed by atoms with E-state index in [9.17, 15) is 13.6 Å². The minimum absolute atomic E-state index is 0.154. The van der Waals surface area contributed by atoms with Gasteiger partial charge in [-0.15, -0.1) is 0 Å². The zero-order valence-corrected chi connectivity index (χ0v) is 19.2. The number of carbonyl (C=O) groups is 1. The largest absolute Gasteiger partial charge is 0.497 e. The highest BCUT2D eigenvalue weighted by Crippen LogP contribution is 2.38. The molecule has 0 radical (unpaired) electrons. The Hall–Kier alpha value is -3.28. The number of aryl methyl sites for hydroxylation is 1. The van der Waals surface area contributed by atoms with Crippen molar-refractivity contribution in [2.45, 2.75) is 51.0 Å². The van der Waals surface area contributed by atoms with Crippen LogP contribution in [0.25, 0.3) is 11.1 Å². The Labute approximate surface area is 197 Å². The summed E-state index contributed by atoms with van der Waals surface area (Å²) in [6.07, 6.45) is 2.57. The number of halogens is 3. The van der Waals surface area contributed by atoms with Gasteiger partial charge in [0.1, 0.15) is 17.7 Å². The lowest BCUT2D eigenvalue weighted by Gasteiger charge is -2.29. The van der Waals surface area contributed by atoms with Crippen molar-refractivity contribution >= 4 is 5.97 Å². The molecule has 0 saturated heterocycles. The van der Waals surface area contributed by atoms with Gasteiger partial charge in [-0.1, -0.05) is 43.3 Å². The number of methoxy groups -OCH3 is 1. The average molecular weight is 469 g/mol. The van der Waals surface area contributed by atoms with Crippen LogP contribution in [0.15, 0.2) is 54.6 Å². The van der Waals surface area contributed by atoms with Crippen molar-refractivity contribution in [3.8, 4) is 16.9 Å². The molecule has 0 heterocycles. The number of esters is 1. The summed E-state index contributed by atoms with van der Waals surface area (Å²) >= 11 is 0. The van der Waals surface area contributed by atoms with Gasteiger partial charge in [-0.2, -0.15) is 0 Å². The lowest BCUT2D eigenvalue weighted by molar-refractivity contribution is 0.0189. The van der Waals surface area contributed by atoms with Crippen molar-refractivity contribution in [3.05, 3.63) is 88.7 Å². The van der Waals surface area contributed by atoms with Crippen molar-refractivity contribution in [1.29, 1.82) is 0 Å². The first kappa shape index (κ1) is 23.9. The van der Waals surface area contributed by atoms with Crippen LogP contribution in [0.1, 0.15) is 60.0 Å². The van der Waals surface area contributed by atoms with Crippen LogP contribution in [0.4, 0.5) is 13.2 Å². The summed E-state index contributed by atoms with van der Waals surface area (Å²) in [5.41, 5.74) is 2.21. The zero-order chi connectivity index (χ0) is 24.2. The fourth-order valence-corrected chi connectivity index (χ4v) is 4.52. The molecule has 1 aliphatic rings. The quantitative estimate of drug-likeness (QED) is 0.358. The van der Waals surface area contributed by atoms with Crippen molar-refractivity contribution in [1.82, 2.24) is 0 Å². The molecule has 178 valence electrons. The third kappa shape index (κ3) is 4.96. The third-order valence-corrected chi connectivity index (χ3v) is 6.57. The molecule has 34 heavy (non-hydrogen) atoms. The second-order valence-electron chi connectivity index (χ2n) is 8.61. The molecule has 1 fully saturated rings. The Bertz CT molecular complexity index is 1170. The Morgan fingerprint density at radius 2 is 1.62 bits per heavy atom. The molecule has 3 nitrogen and oxygen atoms in total. The fourth-order valence-electron chi connectivity index (χ4n) is 4.52. The van der Waals surface area contributed by atoms with Crippen LogP contribution < -0.4 is 4.74 Å². The normalized spacial score (nSPS) is 17.9. The van der Waals surface area contributed by atoms with Gasteiger partial charge < -0.3 is 9.47 Å². The highest BCUT2D eigenvalue weighted by atomic mass is 19.2. The van der Waals surface area contributed by atoms with E-state index in [2.05, 4.69) is 0 Å². The van der Waals surface area contributed by atoms with Crippen LogP contribution >= 0.6 is 0 Å². The smallest absolute Gasteiger partial charge is 0.341 e. The Morgan fingerprint density at radius 3 is 2.24 bits per heavy atom. The summed E-state index contributed by atoms with van der Waals surface area (Å²) < 4.78 is 54.5. The molecule has 0 aliphatic heterocycles. The number of benzene rings is 3. The van der Waals surface area contributed by atoms with E-state index in [1.54, 1.807) is 12.1 Å². The maximum absolute atomic E-state index is 15.0. The lowest BCUT2D eigenvalue weighted by atomic mass is 9.82. The average Bonchev–Trinajstić information content (AvgIpc) is 2.86. The first-order valence-electron chi connectivity index (χ1n) is 11.5. The van der Waals surface area contributed by atoms with Gasteiger partial charge in [-0.3, -0.25) is 0 Å². The zero-order valence-electron chi connectivity index (χ0n) is 19.2. The van der Waals surface area contributed by atoms with Gasteiger partial charge in [0, 0.05) is 11.6 Å². The van der Waals surface area contributed by atoms with E-state index in [0.29, 0.717) is 42.6 Å². The first-order valence-corrected chi connectivity index (χ1v) is 11.5. The Balaban J connectivity index is 1.41. The molecule has 4 rings (SSSR count). The minimum Gasteiger partial charge on any atom is -0.497 e. The Kier molecular flexibility index (Phi) is 7.25. The van der Waals surface area contributed by atoms with Crippen molar-refractivity contribution in [2.24, 2.45) is 0 Å². The van der Waals surface area contributed by atoms with E-state index in [1.165, 1.54) is 19.2 Å². The first-order chi connectivity index (χ1) is 16.4. The maximum atomic E-state index is 15.0. The van der Waals surface area contributed by atoms with Gasteiger partial charge in [-0.25, -0.2) is 18.0 Å². The molecule has 0 amide bonds. The van der Waals surface area contributed by atoms with Gasteiger partial charge in [0.05, 0.1) is 12.7 Å². The molecule has 0 unspecified atom stereocenters. The molecule has 0 aromatic heterocycles. The molecule has 6 heteroatoms. The molecule has 0 N–H and O–H groups in total. The van der Waals surface area contributed by atoms with Crippen LogP contribution in [0.3, 0.4) is 0 Å². The fraction of sp³-hybridized carbons (Fsp3) is 0.321. The van der Waals surface area contributed by atoms with E-state index in [4.69, 9.17) is 9.47 Å². The summed E-state index contributed by atoms with van der Waals surface area (Å²) in [5.74, 6) is -2.96. The summed E-state index contributed by atoms with van der Waals surface area (Å²) in [4.78, 5) is 12.4. The van der Waals surface area contributed by atoms with Gasteiger partial charge in [0.2, 0.25) is 0 Å². The summed E-state index contributed by atoms with van der Waals surface area (Å²) in [7, 11) is 1.41. The van der Waals surface area contributed by atoms with Crippen LogP contribution in [0, 0.1) is 17.5 Å². The molecule has 0 atom stereocenters. The van der Waals surface area contributed by atoms with Crippen LogP contribution in [0.5, 0.6) is 5.75 Å². The molecular formula is C28H27F3O3. The maximum Gasteiger partial charge on any atom is 0.341 e. The Morgan fingerprint density at radius 1 is 0.912 bits per heavy atom. The molecule has 3 aromatic carbocycles. The number of ether oxygens (including phenoxy) is 2. The predicted molar refractivity (Wildman–Crippen MR) is 125 cm³/mol. The van der Waals surface area contributed by atoms with Gasteiger partial charge in [0.15, 0.2) is 11.6 Å². The molecule has 1 aliphatic carbocycles. The van der Waals surface area contributed by atoms with Gasteiger partial charge in [0.25, 0.3) is 0 Å². The molecule has 0 bridgehead atoms. The van der Waals surface area contributed by atoms with Crippen LogP contribution in [-0.4, -0.2) is 19.2 Å². The molecular weight excluding hydrogens is 441 g/mol. The number of hydrogen-bond acceptors (Lipinski definition) is 3. The SMILES string of the molecule is CCc1ccc(-c2ccc(C3CCC(OC(=O)c4ccc(OC)cc4F)CC3)c(F)c2F)cc1. The van der Waals surface area contributed by atoms with E-state index in [-0.39, 0.29) is 17.0 Å². The monoisotopic (exact) mass is 468 g/mol. The number of rotatable bonds is 6. The number of hydrogen-bond donors (Lipinski definition) is 0. The predicted octanol–water partition coefficient (Wildman–Crippen LogP) is 7.23. The van der Waals surface area contributed by atoms with E-state index in [1.807, 2.05) is 31.2 Å². The topological polar surface area (TPSA) is 35.5 Å². The van der Waals surface area contributed by atoms with Crippen molar-refractivity contribution in [3.63, 3.8) is 0 Å². The van der Waals surface area contributed by atoms with E-state index < -0.39 is 29.5 Å². The number of carbonyl (C=O) groups excluding carboxylic acids is 1. The highest BCUT2D eigenvalue weighted by molar-refractivity contribution is 5.90. The van der Waals surface area contributed by atoms with Crippen LogP contribution in [-0.2, 0) is 11.2 Å². The molecule has 3 aromatic rings. The second-order valence-corrected chi connectivity index (χ2v) is 8.61. The van der Waals surface area contributed by atoms with Crippen molar-refractivity contribution in [2.75, 3.05) is 7.11 Å². The molecule has 0 spiro atoms.